The average Bonchev–Trinajstić information content (AvgIpc) is 2.84. The van der Waals surface area contributed by atoms with Crippen molar-refractivity contribution in [3.8, 4) is 17.0 Å². The fourth-order valence-electron chi connectivity index (χ4n) is 2.35. The van der Waals surface area contributed by atoms with Crippen molar-refractivity contribution in [2.45, 2.75) is 13.3 Å². The molecule has 0 radical (unpaired) electrons. The van der Waals surface area contributed by atoms with Gasteiger partial charge in [-0.05, 0) is 13.0 Å². The van der Waals surface area contributed by atoms with E-state index in [2.05, 4.69) is 9.97 Å². The van der Waals surface area contributed by atoms with Gasteiger partial charge in [-0.1, -0.05) is 23.2 Å². The molecule has 5 nitrogen and oxygen atoms in total. The number of aryl methyl sites for hydroxylation is 1. The van der Waals surface area contributed by atoms with Gasteiger partial charge in [0, 0.05) is 17.5 Å². The van der Waals surface area contributed by atoms with Gasteiger partial charge in [-0.25, -0.2) is 9.97 Å². The Labute approximate surface area is 125 Å². The molecule has 0 amide bonds. The monoisotopic (exact) mass is 310 g/mol. The Kier molecular flexibility index (Phi) is 3.11. The first-order valence-corrected chi connectivity index (χ1v) is 6.78. The zero-order valence-corrected chi connectivity index (χ0v) is 12.2. The highest BCUT2D eigenvalue weighted by atomic mass is 35.5. The number of ether oxygens (including phenoxy) is 1. The predicted molar refractivity (Wildman–Crippen MR) is 80.2 cm³/mol. The van der Waals surface area contributed by atoms with E-state index in [9.17, 15) is 0 Å². The van der Waals surface area contributed by atoms with Crippen molar-refractivity contribution >= 4 is 34.8 Å². The number of aromatic nitrogens is 2. The molecule has 0 saturated heterocycles. The van der Waals surface area contributed by atoms with Crippen molar-refractivity contribution in [3.63, 3.8) is 0 Å². The van der Waals surface area contributed by atoms with Crippen LogP contribution in [0.2, 0.25) is 10.0 Å². The van der Waals surface area contributed by atoms with Crippen molar-refractivity contribution in [2.75, 3.05) is 18.1 Å². The molecule has 1 aromatic carbocycles. The number of fused-ring (bicyclic) bond motifs is 1. The van der Waals surface area contributed by atoms with Crippen LogP contribution < -0.4 is 16.2 Å². The Balaban J connectivity index is 2.34. The molecule has 104 valence electrons. The van der Waals surface area contributed by atoms with Gasteiger partial charge < -0.3 is 16.2 Å². The number of nitrogens with zero attached hydrogens (tertiary/aromatic N) is 2. The summed E-state index contributed by atoms with van der Waals surface area (Å²) in [4.78, 5) is 8.27. The predicted octanol–water partition coefficient (Wildman–Crippen LogP) is 2.86. The third-order valence-electron chi connectivity index (χ3n) is 3.27. The van der Waals surface area contributed by atoms with Gasteiger partial charge in [0.1, 0.15) is 11.4 Å². The number of nitrogen functional groups attached to an aromatic ring is 2. The lowest BCUT2D eigenvalue weighted by Gasteiger charge is -2.14. The molecule has 0 aliphatic carbocycles. The number of halogens is 2. The van der Waals surface area contributed by atoms with Crippen molar-refractivity contribution < 1.29 is 4.74 Å². The van der Waals surface area contributed by atoms with Crippen LogP contribution in [-0.2, 0) is 6.42 Å². The van der Waals surface area contributed by atoms with Crippen LogP contribution in [0.3, 0.4) is 0 Å². The Hall–Kier alpha value is -1.72. The number of hydrogen-bond donors (Lipinski definition) is 2. The Bertz CT molecular complexity index is 718. The molecule has 0 atom stereocenters. The lowest BCUT2D eigenvalue weighted by molar-refractivity contribution is 0.357. The zero-order valence-electron chi connectivity index (χ0n) is 10.7. The maximum absolute atomic E-state index is 6.33. The largest absolute Gasteiger partial charge is 0.491 e. The highest BCUT2D eigenvalue weighted by Crippen LogP contribution is 2.45. The van der Waals surface area contributed by atoms with Gasteiger partial charge in [0.2, 0.25) is 5.95 Å². The first kappa shape index (κ1) is 13.3. The van der Waals surface area contributed by atoms with Gasteiger partial charge in [0.15, 0.2) is 0 Å². The average molecular weight is 311 g/mol. The molecule has 4 N–H and O–H groups in total. The van der Waals surface area contributed by atoms with E-state index in [1.165, 1.54) is 0 Å². The maximum Gasteiger partial charge on any atom is 0.220 e. The van der Waals surface area contributed by atoms with Gasteiger partial charge >= 0.3 is 0 Å². The quantitative estimate of drug-likeness (QED) is 0.845. The van der Waals surface area contributed by atoms with Crippen LogP contribution in [0.4, 0.5) is 11.6 Å². The van der Waals surface area contributed by atoms with Crippen LogP contribution in [0.5, 0.6) is 5.75 Å². The van der Waals surface area contributed by atoms with Crippen LogP contribution in [-0.4, -0.2) is 16.6 Å². The van der Waals surface area contributed by atoms with Gasteiger partial charge in [-0.2, -0.15) is 0 Å². The first-order chi connectivity index (χ1) is 9.49. The topological polar surface area (TPSA) is 87.0 Å². The van der Waals surface area contributed by atoms with Gasteiger partial charge in [-0.3, -0.25) is 0 Å². The van der Waals surface area contributed by atoms with E-state index in [0.717, 1.165) is 11.1 Å². The van der Waals surface area contributed by atoms with Crippen molar-refractivity contribution in [3.05, 3.63) is 27.4 Å². The minimum absolute atomic E-state index is 0.158. The summed E-state index contributed by atoms with van der Waals surface area (Å²) in [7, 11) is 0. The summed E-state index contributed by atoms with van der Waals surface area (Å²) in [6.45, 7) is 2.33. The summed E-state index contributed by atoms with van der Waals surface area (Å²) >= 11 is 12.5. The van der Waals surface area contributed by atoms with Gasteiger partial charge in [0.05, 0.1) is 28.0 Å². The molecule has 0 saturated carbocycles. The minimum Gasteiger partial charge on any atom is -0.491 e. The van der Waals surface area contributed by atoms with Crippen molar-refractivity contribution in [1.29, 1.82) is 0 Å². The fourth-order valence-corrected chi connectivity index (χ4v) is 3.00. The zero-order chi connectivity index (χ0) is 14.4. The third-order valence-corrected chi connectivity index (χ3v) is 3.85. The summed E-state index contributed by atoms with van der Waals surface area (Å²) in [6.07, 6.45) is 0.702. The van der Waals surface area contributed by atoms with E-state index < -0.39 is 0 Å². The second kappa shape index (κ2) is 4.68. The normalized spacial score (nSPS) is 13.2. The number of anilines is 2. The molecule has 7 heteroatoms. The first-order valence-electron chi connectivity index (χ1n) is 6.02. The fraction of sp³-hybridized carbons (Fsp3) is 0.231. The van der Waals surface area contributed by atoms with E-state index in [4.69, 9.17) is 39.4 Å². The molecule has 20 heavy (non-hydrogen) atoms. The van der Waals surface area contributed by atoms with E-state index in [1.54, 1.807) is 13.0 Å². The number of hydrogen-bond acceptors (Lipinski definition) is 5. The highest BCUT2D eigenvalue weighted by Gasteiger charge is 2.25. The molecule has 2 heterocycles. The summed E-state index contributed by atoms with van der Waals surface area (Å²) in [5, 5.41) is 0.965. The minimum atomic E-state index is 0.158. The van der Waals surface area contributed by atoms with Crippen LogP contribution in [0.25, 0.3) is 11.3 Å². The molecule has 3 rings (SSSR count). The van der Waals surface area contributed by atoms with Gasteiger partial charge in [0.25, 0.3) is 0 Å². The Morgan fingerprint density at radius 1 is 1.20 bits per heavy atom. The number of nitrogens with two attached hydrogens (primary N) is 2. The van der Waals surface area contributed by atoms with Crippen LogP contribution in [0.1, 0.15) is 11.3 Å². The second-order valence-electron chi connectivity index (χ2n) is 4.55. The SMILES string of the molecule is Cc1nc(N)nc(-c2c(Cl)cc(Cl)c3c2CCO3)c1N. The lowest BCUT2D eigenvalue weighted by atomic mass is 10.0. The van der Waals surface area contributed by atoms with E-state index in [0.29, 0.717) is 45.9 Å². The van der Waals surface area contributed by atoms with Crippen LogP contribution in [0.15, 0.2) is 6.07 Å². The Morgan fingerprint density at radius 3 is 2.70 bits per heavy atom. The lowest BCUT2D eigenvalue weighted by Crippen LogP contribution is -2.05. The Morgan fingerprint density at radius 2 is 1.95 bits per heavy atom. The highest BCUT2D eigenvalue weighted by molar-refractivity contribution is 6.37. The molecule has 1 aromatic heterocycles. The standard InChI is InChI=1S/C13H12Cl2N4O/c1-5-10(16)11(19-13(17)18-5)9-6-2-3-20-12(6)8(15)4-7(9)14/h4H,2-3,16H2,1H3,(H2,17,18,19). The molecule has 1 aliphatic rings. The van der Waals surface area contributed by atoms with E-state index in [1.807, 2.05) is 0 Å². The molecule has 0 unspecified atom stereocenters. The molecule has 0 fully saturated rings. The molecule has 1 aliphatic heterocycles. The van der Waals surface area contributed by atoms with Crippen molar-refractivity contribution in [1.82, 2.24) is 9.97 Å². The molecule has 0 bridgehead atoms. The summed E-state index contributed by atoms with van der Waals surface area (Å²) < 4.78 is 5.54. The van der Waals surface area contributed by atoms with Gasteiger partial charge in [-0.15, -0.1) is 0 Å². The maximum atomic E-state index is 6.33. The molecule has 2 aromatic rings. The molecule has 0 spiro atoms. The van der Waals surface area contributed by atoms with Crippen molar-refractivity contribution in [2.24, 2.45) is 0 Å². The van der Waals surface area contributed by atoms with E-state index >= 15 is 0 Å². The van der Waals surface area contributed by atoms with Crippen LogP contribution in [0, 0.1) is 6.92 Å². The summed E-state index contributed by atoms with van der Waals surface area (Å²) in [6, 6.07) is 1.63. The summed E-state index contributed by atoms with van der Waals surface area (Å²) in [5.41, 5.74) is 15.0. The smallest absolute Gasteiger partial charge is 0.220 e. The third kappa shape index (κ3) is 1.94. The number of benzene rings is 1. The summed E-state index contributed by atoms with van der Waals surface area (Å²) in [5.74, 6) is 0.797. The molecular weight excluding hydrogens is 299 g/mol. The molecular formula is C13H12Cl2N4O. The number of rotatable bonds is 1. The second-order valence-corrected chi connectivity index (χ2v) is 5.37. The van der Waals surface area contributed by atoms with Crippen LogP contribution >= 0.6 is 23.2 Å². The van der Waals surface area contributed by atoms with E-state index in [-0.39, 0.29) is 5.95 Å².